The standard InChI is InChI=1S/C11H8FNO2/c12-10-2-1-7(5-11(14)15)8-3-4-13-6-9(8)10/h1-4,6H,5H2,(H,14,15). The molecule has 0 saturated heterocycles. The van der Waals surface area contributed by atoms with Gasteiger partial charge in [0.05, 0.1) is 6.42 Å². The van der Waals surface area contributed by atoms with E-state index >= 15 is 0 Å². The van der Waals surface area contributed by atoms with Crippen molar-refractivity contribution < 1.29 is 14.3 Å². The van der Waals surface area contributed by atoms with Crippen LogP contribution in [0.25, 0.3) is 10.8 Å². The minimum absolute atomic E-state index is 0.110. The third-order valence-corrected chi connectivity index (χ3v) is 2.20. The molecule has 0 aliphatic carbocycles. The Hall–Kier alpha value is -1.97. The molecule has 1 heterocycles. The summed E-state index contributed by atoms with van der Waals surface area (Å²) in [5.74, 6) is -1.31. The number of carbonyl (C=O) groups is 1. The van der Waals surface area contributed by atoms with Gasteiger partial charge < -0.3 is 5.11 Å². The molecule has 0 amide bonds. The van der Waals surface area contributed by atoms with Gasteiger partial charge in [-0.2, -0.15) is 0 Å². The zero-order valence-electron chi connectivity index (χ0n) is 7.77. The first-order valence-electron chi connectivity index (χ1n) is 4.41. The Morgan fingerprint density at radius 1 is 1.33 bits per heavy atom. The zero-order chi connectivity index (χ0) is 10.8. The number of carboxylic acids is 1. The van der Waals surface area contributed by atoms with Crippen LogP contribution in [0.1, 0.15) is 5.56 Å². The fourth-order valence-electron chi connectivity index (χ4n) is 1.54. The minimum atomic E-state index is -0.931. The van der Waals surface area contributed by atoms with Crippen LogP contribution in [0.5, 0.6) is 0 Å². The van der Waals surface area contributed by atoms with Gasteiger partial charge in [0.2, 0.25) is 0 Å². The lowest BCUT2D eigenvalue weighted by atomic mass is 10.0. The number of benzene rings is 1. The lowest BCUT2D eigenvalue weighted by Crippen LogP contribution is -2.01. The Morgan fingerprint density at radius 3 is 2.87 bits per heavy atom. The highest BCUT2D eigenvalue weighted by Gasteiger charge is 2.08. The quantitative estimate of drug-likeness (QED) is 0.815. The van der Waals surface area contributed by atoms with Crippen molar-refractivity contribution in [1.29, 1.82) is 0 Å². The number of nitrogens with zero attached hydrogens (tertiary/aromatic N) is 1. The molecule has 4 heteroatoms. The second-order valence-electron chi connectivity index (χ2n) is 3.20. The first-order valence-corrected chi connectivity index (χ1v) is 4.41. The van der Waals surface area contributed by atoms with E-state index in [1.165, 1.54) is 24.5 Å². The van der Waals surface area contributed by atoms with E-state index in [0.717, 1.165) is 0 Å². The van der Waals surface area contributed by atoms with Crippen molar-refractivity contribution in [2.75, 3.05) is 0 Å². The molecular weight excluding hydrogens is 197 g/mol. The topological polar surface area (TPSA) is 50.2 Å². The molecular formula is C11H8FNO2. The fourth-order valence-corrected chi connectivity index (χ4v) is 1.54. The Balaban J connectivity index is 2.66. The highest BCUT2D eigenvalue weighted by atomic mass is 19.1. The van der Waals surface area contributed by atoms with Gasteiger partial charge >= 0.3 is 5.97 Å². The summed E-state index contributed by atoms with van der Waals surface area (Å²) in [6.45, 7) is 0. The Morgan fingerprint density at radius 2 is 2.13 bits per heavy atom. The van der Waals surface area contributed by atoms with Gasteiger partial charge in [0.1, 0.15) is 5.82 Å². The van der Waals surface area contributed by atoms with E-state index in [0.29, 0.717) is 16.3 Å². The predicted octanol–water partition coefficient (Wildman–Crippen LogP) is 2.00. The first-order chi connectivity index (χ1) is 7.18. The molecule has 15 heavy (non-hydrogen) atoms. The summed E-state index contributed by atoms with van der Waals surface area (Å²) in [6, 6.07) is 4.38. The van der Waals surface area contributed by atoms with E-state index in [2.05, 4.69) is 4.98 Å². The van der Waals surface area contributed by atoms with Crippen molar-refractivity contribution in [1.82, 2.24) is 4.98 Å². The van der Waals surface area contributed by atoms with E-state index in [4.69, 9.17) is 5.11 Å². The van der Waals surface area contributed by atoms with Crippen LogP contribution in [0.3, 0.4) is 0 Å². The number of halogens is 1. The summed E-state index contributed by atoms with van der Waals surface area (Å²) in [7, 11) is 0. The average molecular weight is 205 g/mol. The molecule has 0 aliphatic rings. The molecule has 2 aromatic rings. The Bertz CT molecular complexity index is 525. The summed E-state index contributed by atoms with van der Waals surface area (Å²) < 4.78 is 13.3. The smallest absolute Gasteiger partial charge is 0.307 e. The van der Waals surface area contributed by atoms with Gasteiger partial charge in [-0.05, 0) is 23.1 Å². The van der Waals surface area contributed by atoms with Crippen molar-refractivity contribution in [3.63, 3.8) is 0 Å². The van der Waals surface area contributed by atoms with Crippen molar-refractivity contribution >= 4 is 16.7 Å². The lowest BCUT2D eigenvalue weighted by Gasteiger charge is -2.04. The third-order valence-electron chi connectivity index (χ3n) is 2.20. The van der Waals surface area contributed by atoms with Crippen LogP contribution < -0.4 is 0 Å². The van der Waals surface area contributed by atoms with E-state index in [1.54, 1.807) is 6.07 Å². The highest BCUT2D eigenvalue weighted by molar-refractivity contribution is 5.88. The van der Waals surface area contributed by atoms with Gasteiger partial charge in [0.25, 0.3) is 0 Å². The van der Waals surface area contributed by atoms with Gasteiger partial charge in [-0.1, -0.05) is 6.07 Å². The molecule has 1 aromatic carbocycles. The molecule has 0 aliphatic heterocycles. The monoisotopic (exact) mass is 205 g/mol. The molecule has 0 spiro atoms. The number of aliphatic carboxylic acids is 1. The largest absolute Gasteiger partial charge is 0.481 e. The molecule has 0 unspecified atom stereocenters. The van der Waals surface area contributed by atoms with Gasteiger partial charge in [-0.3, -0.25) is 9.78 Å². The van der Waals surface area contributed by atoms with Crippen LogP contribution in [0.15, 0.2) is 30.6 Å². The minimum Gasteiger partial charge on any atom is -0.481 e. The summed E-state index contributed by atoms with van der Waals surface area (Å²) in [5, 5.41) is 9.65. The molecule has 0 saturated carbocycles. The van der Waals surface area contributed by atoms with Crippen molar-refractivity contribution in [3.8, 4) is 0 Å². The van der Waals surface area contributed by atoms with E-state index < -0.39 is 5.97 Å². The predicted molar refractivity (Wildman–Crippen MR) is 53.0 cm³/mol. The van der Waals surface area contributed by atoms with Gasteiger partial charge in [-0.25, -0.2) is 4.39 Å². The van der Waals surface area contributed by atoms with Crippen LogP contribution in [0, 0.1) is 5.82 Å². The van der Waals surface area contributed by atoms with E-state index in [-0.39, 0.29) is 12.2 Å². The summed E-state index contributed by atoms with van der Waals surface area (Å²) in [5.41, 5.74) is 0.598. The Kier molecular flexibility index (Phi) is 2.33. The summed E-state index contributed by atoms with van der Waals surface area (Å²) >= 11 is 0. The second-order valence-corrected chi connectivity index (χ2v) is 3.20. The maximum Gasteiger partial charge on any atom is 0.307 e. The molecule has 1 aromatic heterocycles. The molecule has 0 fully saturated rings. The highest BCUT2D eigenvalue weighted by Crippen LogP contribution is 2.21. The van der Waals surface area contributed by atoms with E-state index in [1.807, 2.05) is 0 Å². The number of carboxylic acid groups (broad SMARTS) is 1. The number of aromatic nitrogens is 1. The summed E-state index contributed by atoms with van der Waals surface area (Å²) in [4.78, 5) is 14.4. The van der Waals surface area contributed by atoms with Crippen molar-refractivity contribution in [2.45, 2.75) is 6.42 Å². The molecule has 0 bridgehead atoms. The zero-order valence-corrected chi connectivity index (χ0v) is 7.77. The van der Waals surface area contributed by atoms with Crippen LogP contribution in [-0.2, 0) is 11.2 Å². The number of rotatable bonds is 2. The number of fused-ring (bicyclic) bond motifs is 1. The van der Waals surface area contributed by atoms with Gasteiger partial charge in [0, 0.05) is 17.8 Å². The molecule has 1 N–H and O–H groups in total. The fraction of sp³-hybridized carbons (Fsp3) is 0.0909. The van der Waals surface area contributed by atoms with Crippen molar-refractivity contribution in [2.24, 2.45) is 0 Å². The lowest BCUT2D eigenvalue weighted by molar-refractivity contribution is -0.136. The van der Waals surface area contributed by atoms with Crippen LogP contribution in [-0.4, -0.2) is 16.1 Å². The van der Waals surface area contributed by atoms with E-state index in [9.17, 15) is 9.18 Å². The SMILES string of the molecule is O=C(O)Cc1ccc(F)c2cnccc12. The average Bonchev–Trinajstić information content (AvgIpc) is 2.22. The third kappa shape index (κ3) is 1.79. The molecule has 3 nitrogen and oxygen atoms in total. The maximum absolute atomic E-state index is 13.3. The Labute approximate surface area is 85.2 Å². The molecule has 76 valence electrons. The second kappa shape index (κ2) is 3.65. The first kappa shape index (κ1) is 9.58. The number of hydrogen-bond donors (Lipinski definition) is 1. The van der Waals surface area contributed by atoms with Crippen LogP contribution >= 0.6 is 0 Å². The molecule has 0 atom stereocenters. The normalized spacial score (nSPS) is 10.5. The van der Waals surface area contributed by atoms with Crippen LogP contribution in [0.4, 0.5) is 4.39 Å². The number of pyridine rings is 1. The van der Waals surface area contributed by atoms with Crippen molar-refractivity contribution in [3.05, 3.63) is 42.0 Å². The maximum atomic E-state index is 13.3. The van der Waals surface area contributed by atoms with Gasteiger partial charge in [-0.15, -0.1) is 0 Å². The number of hydrogen-bond acceptors (Lipinski definition) is 2. The molecule has 2 rings (SSSR count). The van der Waals surface area contributed by atoms with Gasteiger partial charge in [0.15, 0.2) is 0 Å². The summed E-state index contributed by atoms with van der Waals surface area (Å²) in [6.07, 6.45) is 2.81. The molecule has 0 radical (unpaired) electrons. The van der Waals surface area contributed by atoms with Crippen LogP contribution in [0.2, 0.25) is 0 Å².